The minimum atomic E-state index is -0.596. The van der Waals surface area contributed by atoms with Gasteiger partial charge >= 0.3 is 12.0 Å². The molecule has 0 unspecified atom stereocenters. The lowest BCUT2D eigenvalue weighted by Gasteiger charge is -2.10. The van der Waals surface area contributed by atoms with Crippen LogP contribution in [0.4, 0.5) is 4.79 Å². The molecule has 3 N–H and O–H groups in total. The van der Waals surface area contributed by atoms with Crippen molar-refractivity contribution in [1.29, 1.82) is 0 Å². The van der Waals surface area contributed by atoms with Gasteiger partial charge < -0.3 is 20.5 Å². The van der Waals surface area contributed by atoms with E-state index in [0.717, 1.165) is 15.6 Å². The van der Waals surface area contributed by atoms with Crippen LogP contribution in [0.1, 0.15) is 21.5 Å². The number of carbonyl (C=O) groups is 2. The predicted molar refractivity (Wildman–Crippen MR) is 92.7 cm³/mol. The molecule has 0 spiro atoms. The molecule has 2 amide bonds. The van der Waals surface area contributed by atoms with Crippen LogP contribution in [0.25, 0.3) is 0 Å². The molecule has 7 heteroatoms. The summed E-state index contributed by atoms with van der Waals surface area (Å²) in [5, 5.41) is 2.48. The van der Waals surface area contributed by atoms with E-state index in [1.807, 2.05) is 12.1 Å². The highest BCUT2D eigenvalue weighted by atomic mass is 79.9. The molecular weight excluding hydrogens is 376 g/mol. The van der Waals surface area contributed by atoms with Crippen molar-refractivity contribution in [2.75, 3.05) is 7.11 Å². The number of nitrogens with one attached hydrogen (secondary N) is 1. The molecule has 0 aromatic heterocycles. The number of halogens is 1. The number of hydrogen-bond acceptors (Lipinski definition) is 4. The molecule has 0 atom stereocenters. The number of ether oxygens (including phenoxy) is 2. The van der Waals surface area contributed by atoms with Crippen molar-refractivity contribution in [3.8, 4) is 5.75 Å². The van der Waals surface area contributed by atoms with Crippen LogP contribution in [0.5, 0.6) is 5.75 Å². The first-order chi connectivity index (χ1) is 11.5. The molecule has 0 bridgehead atoms. The molecule has 6 nitrogen and oxygen atoms in total. The number of benzene rings is 2. The molecule has 0 saturated heterocycles. The molecule has 2 rings (SSSR count). The SMILES string of the molecule is COc1ccc(Br)cc1COC(=O)c1ccc(CNC(N)=O)cc1. The summed E-state index contributed by atoms with van der Waals surface area (Å²) in [7, 11) is 1.56. The molecular formula is C17H17BrN2O4. The minimum absolute atomic E-state index is 0.104. The Bertz CT molecular complexity index is 732. The highest BCUT2D eigenvalue weighted by molar-refractivity contribution is 9.10. The number of amides is 2. The van der Waals surface area contributed by atoms with E-state index >= 15 is 0 Å². The molecule has 24 heavy (non-hydrogen) atoms. The van der Waals surface area contributed by atoms with E-state index in [-0.39, 0.29) is 6.61 Å². The lowest BCUT2D eigenvalue weighted by Crippen LogP contribution is -2.28. The number of urea groups is 1. The van der Waals surface area contributed by atoms with Gasteiger partial charge in [0.15, 0.2) is 0 Å². The molecule has 0 aliphatic rings. The standard InChI is InChI=1S/C17H17BrN2O4/c1-23-15-7-6-14(18)8-13(15)10-24-16(21)12-4-2-11(3-5-12)9-20-17(19)22/h2-8H,9-10H2,1H3,(H3,19,20,22). The molecule has 0 heterocycles. The van der Waals surface area contributed by atoms with Crippen LogP contribution < -0.4 is 15.8 Å². The van der Waals surface area contributed by atoms with Crippen LogP contribution in [0.2, 0.25) is 0 Å². The predicted octanol–water partition coefficient (Wildman–Crippen LogP) is 2.98. The maximum atomic E-state index is 12.1. The van der Waals surface area contributed by atoms with E-state index in [0.29, 0.717) is 17.9 Å². The van der Waals surface area contributed by atoms with E-state index in [1.165, 1.54) is 0 Å². The molecule has 126 valence electrons. The smallest absolute Gasteiger partial charge is 0.338 e. The van der Waals surface area contributed by atoms with Crippen molar-refractivity contribution in [2.24, 2.45) is 5.73 Å². The van der Waals surface area contributed by atoms with Crippen molar-refractivity contribution in [3.63, 3.8) is 0 Å². The van der Waals surface area contributed by atoms with E-state index in [4.69, 9.17) is 15.2 Å². The highest BCUT2D eigenvalue weighted by Gasteiger charge is 2.10. The van der Waals surface area contributed by atoms with Crippen molar-refractivity contribution in [3.05, 3.63) is 63.6 Å². The number of esters is 1. The molecule has 2 aromatic rings. The third-order valence-electron chi connectivity index (χ3n) is 3.26. The maximum absolute atomic E-state index is 12.1. The van der Waals surface area contributed by atoms with Gasteiger partial charge in [-0.05, 0) is 35.9 Å². The van der Waals surface area contributed by atoms with Gasteiger partial charge in [0.25, 0.3) is 0 Å². The maximum Gasteiger partial charge on any atom is 0.338 e. The first kappa shape index (κ1) is 17.8. The highest BCUT2D eigenvalue weighted by Crippen LogP contribution is 2.24. The molecule has 0 saturated carbocycles. The lowest BCUT2D eigenvalue weighted by molar-refractivity contribution is 0.0470. The quantitative estimate of drug-likeness (QED) is 0.739. The Morgan fingerprint density at radius 2 is 1.88 bits per heavy atom. The van der Waals surface area contributed by atoms with Crippen LogP contribution in [-0.2, 0) is 17.9 Å². The third-order valence-corrected chi connectivity index (χ3v) is 3.75. The van der Waals surface area contributed by atoms with Crippen LogP contribution in [0, 0.1) is 0 Å². The molecule has 2 aromatic carbocycles. The third kappa shape index (κ3) is 4.99. The first-order valence-electron chi connectivity index (χ1n) is 7.11. The molecule has 0 fully saturated rings. The van der Waals surface area contributed by atoms with Crippen molar-refractivity contribution in [2.45, 2.75) is 13.2 Å². The average molecular weight is 393 g/mol. The summed E-state index contributed by atoms with van der Waals surface area (Å²) < 4.78 is 11.4. The van der Waals surface area contributed by atoms with Gasteiger partial charge in [0.05, 0.1) is 12.7 Å². The summed E-state index contributed by atoms with van der Waals surface area (Å²) in [5.74, 6) is 0.213. The summed E-state index contributed by atoms with van der Waals surface area (Å²) >= 11 is 3.38. The van der Waals surface area contributed by atoms with Crippen LogP contribution in [0.15, 0.2) is 46.9 Å². The number of primary amides is 1. The Labute approximate surface area is 148 Å². The zero-order valence-electron chi connectivity index (χ0n) is 13.0. The Balaban J connectivity index is 1.97. The Kier molecular flexibility index (Phi) is 6.20. The lowest BCUT2D eigenvalue weighted by atomic mass is 10.1. The summed E-state index contributed by atoms with van der Waals surface area (Å²) in [4.78, 5) is 22.8. The van der Waals surface area contributed by atoms with Gasteiger partial charge in [-0.25, -0.2) is 9.59 Å². The first-order valence-corrected chi connectivity index (χ1v) is 7.90. The summed E-state index contributed by atoms with van der Waals surface area (Å²) in [5.41, 5.74) is 7.03. The number of hydrogen-bond donors (Lipinski definition) is 2. The van der Waals surface area contributed by atoms with Crippen LogP contribution in [0.3, 0.4) is 0 Å². The van der Waals surface area contributed by atoms with Gasteiger partial charge in [-0.3, -0.25) is 0 Å². The number of carbonyl (C=O) groups excluding carboxylic acids is 2. The second-order valence-corrected chi connectivity index (χ2v) is 5.86. The number of methoxy groups -OCH3 is 1. The molecule has 0 radical (unpaired) electrons. The Morgan fingerprint density at radius 3 is 2.50 bits per heavy atom. The van der Waals surface area contributed by atoms with Gasteiger partial charge in [-0.15, -0.1) is 0 Å². The second kappa shape index (κ2) is 8.35. The van der Waals surface area contributed by atoms with Crippen LogP contribution >= 0.6 is 15.9 Å². The zero-order chi connectivity index (χ0) is 17.5. The van der Waals surface area contributed by atoms with Gasteiger partial charge in [0.2, 0.25) is 0 Å². The van der Waals surface area contributed by atoms with E-state index < -0.39 is 12.0 Å². The van der Waals surface area contributed by atoms with Gasteiger partial charge in [-0.2, -0.15) is 0 Å². The largest absolute Gasteiger partial charge is 0.496 e. The topological polar surface area (TPSA) is 90.7 Å². The molecule has 0 aliphatic heterocycles. The fourth-order valence-electron chi connectivity index (χ4n) is 2.03. The van der Waals surface area contributed by atoms with Gasteiger partial charge in [0.1, 0.15) is 12.4 Å². The van der Waals surface area contributed by atoms with Gasteiger partial charge in [0, 0.05) is 16.6 Å². The minimum Gasteiger partial charge on any atom is -0.496 e. The Morgan fingerprint density at radius 1 is 1.17 bits per heavy atom. The average Bonchev–Trinajstić information content (AvgIpc) is 2.58. The summed E-state index contributed by atoms with van der Waals surface area (Å²) in [6.07, 6.45) is 0. The number of nitrogens with two attached hydrogens (primary N) is 1. The fourth-order valence-corrected chi connectivity index (χ4v) is 2.44. The summed E-state index contributed by atoms with van der Waals surface area (Å²) in [6.45, 7) is 0.409. The van der Waals surface area contributed by atoms with Crippen molar-refractivity contribution < 1.29 is 19.1 Å². The van der Waals surface area contributed by atoms with Crippen LogP contribution in [-0.4, -0.2) is 19.1 Å². The monoisotopic (exact) mass is 392 g/mol. The van der Waals surface area contributed by atoms with Crippen molar-refractivity contribution >= 4 is 27.9 Å². The number of rotatable bonds is 6. The normalized spacial score (nSPS) is 10.1. The van der Waals surface area contributed by atoms with E-state index in [1.54, 1.807) is 37.4 Å². The van der Waals surface area contributed by atoms with E-state index in [9.17, 15) is 9.59 Å². The fraction of sp³-hybridized carbons (Fsp3) is 0.176. The zero-order valence-corrected chi connectivity index (χ0v) is 14.6. The molecule has 0 aliphatic carbocycles. The van der Waals surface area contributed by atoms with E-state index in [2.05, 4.69) is 21.2 Å². The Hall–Kier alpha value is -2.54. The van der Waals surface area contributed by atoms with Crippen molar-refractivity contribution in [1.82, 2.24) is 5.32 Å². The second-order valence-electron chi connectivity index (χ2n) is 4.95. The summed E-state index contributed by atoms with van der Waals surface area (Å²) in [6, 6.07) is 11.6. The van der Waals surface area contributed by atoms with Gasteiger partial charge in [-0.1, -0.05) is 28.1 Å².